The predicted molar refractivity (Wildman–Crippen MR) is 35.0 cm³/mol. The van der Waals surface area contributed by atoms with E-state index >= 15 is 0 Å². The van der Waals surface area contributed by atoms with Crippen LogP contribution in [0.1, 0.15) is 12.2 Å². The molecule has 0 saturated carbocycles. The molecule has 0 radical (unpaired) electrons. The fourth-order valence-corrected chi connectivity index (χ4v) is 1.28. The van der Waals surface area contributed by atoms with Crippen molar-refractivity contribution in [2.24, 2.45) is 0 Å². The Morgan fingerprint density at radius 3 is 3.33 bits per heavy atom. The van der Waals surface area contributed by atoms with Gasteiger partial charge < -0.3 is 10.3 Å². The summed E-state index contributed by atoms with van der Waals surface area (Å²) in [5.74, 6) is 1.95. The average Bonchev–Trinajstić information content (AvgIpc) is 2.35. The molecule has 0 unspecified atom stereocenters. The highest BCUT2D eigenvalue weighted by Crippen LogP contribution is 2.16. The number of hydrogen-bond donors (Lipinski definition) is 1. The van der Waals surface area contributed by atoms with E-state index in [-0.39, 0.29) is 0 Å². The third kappa shape index (κ3) is 0.542. The third-order valence-electron chi connectivity index (χ3n) is 1.75. The van der Waals surface area contributed by atoms with Crippen molar-refractivity contribution in [3.8, 4) is 0 Å². The molecule has 1 aliphatic heterocycles. The molecule has 1 aromatic rings. The molecule has 2 N–H and O–H groups in total. The van der Waals surface area contributed by atoms with Crippen LogP contribution in [0.2, 0.25) is 0 Å². The van der Waals surface area contributed by atoms with E-state index in [0.717, 1.165) is 24.6 Å². The number of aromatic nitrogens is 2. The molecule has 0 aliphatic carbocycles. The number of hydrogen-bond acceptors (Lipinski definition) is 2. The Morgan fingerprint density at radius 2 is 2.56 bits per heavy atom. The van der Waals surface area contributed by atoms with E-state index < -0.39 is 0 Å². The van der Waals surface area contributed by atoms with Crippen LogP contribution < -0.4 is 5.73 Å². The summed E-state index contributed by atoms with van der Waals surface area (Å²) in [6.45, 7) is 1.06. The first-order valence-corrected chi connectivity index (χ1v) is 3.18. The molecule has 0 fully saturated rings. The third-order valence-corrected chi connectivity index (χ3v) is 1.75. The van der Waals surface area contributed by atoms with Gasteiger partial charge in [-0.3, -0.25) is 0 Å². The second-order valence-electron chi connectivity index (χ2n) is 2.35. The predicted octanol–water partition coefficient (Wildman–Crippen LogP) is 0.412. The summed E-state index contributed by atoms with van der Waals surface area (Å²) in [7, 11) is 0. The SMILES string of the molecule is Nc1cnc2n1CCC2. The normalized spacial score (nSPS) is 16.0. The van der Waals surface area contributed by atoms with Crippen molar-refractivity contribution in [2.75, 3.05) is 5.73 Å². The van der Waals surface area contributed by atoms with E-state index in [2.05, 4.69) is 9.55 Å². The van der Waals surface area contributed by atoms with Crippen LogP contribution in [0.5, 0.6) is 0 Å². The Balaban J connectivity index is 2.56. The Bertz CT molecular complexity index is 226. The highest BCUT2D eigenvalue weighted by molar-refractivity contribution is 5.29. The number of aryl methyl sites for hydroxylation is 1. The molecular weight excluding hydrogens is 114 g/mol. The van der Waals surface area contributed by atoms with Gasteiger partial charge in [0.25, 0.3) is 0 Å². The van der Waals surface area contributed by atoms with Gasteiger partial charge in [0.2, 0.25) is 0 Å². The lowest BCUT2D eigenvalue weighted by atomic mass is 10.4. The minimum Gasteiger partial charge on any atom is -0.384 e. The number of anilines is 1. The van der Waals surface area contributed by atoms with E-state index in [4.69, 9.17) is 5.73 Å². The van der Waals surface area contributed by atoms with Crippen LogP contribution in [0.15, 0.2) is 6.20 Å². The first-order chi connectivity index (χ1) is 4.38. The van der Waals surface area contributed by atoms with Gasteiger partial charge in [-0.05, 0) is 6.42 Å². The lowest BCUT2D eigenvalue weighted by Crippen LogP contribution is -1.97. The zero-order valence-electron chi connectivity index (χ0n) is 5.17. The lowest BCUT2D eigenvalue weighted by Gasteiger charge is -1.95. The van der Waals surface area contributed by atoms with Crippen LogP contribution in [0, 0.1) is 0 Å². The topological polar surface area (TPSA) is 43.8 Å². The van der Waals surface area contributed by atoms with Gasteiger partial charge >= 0.3 is 0 Å². The molecule has 3 heteroatoms. The van der Waals surface area contributed by atoms with Crippen LogP contribution in [0.25, 0.3) is 0 Å². The van der Waals surface area contributed by atoms with Gasteiger partial charge in [0.05, 0.1) is 6.20 Å². The summed E-state index contributed by atoms with van der Waals surface area (Å²) in [5.41, 5.74) is 5.59. The van der Waals surface area contributed by atoms with Gasteiger partial charge in [-0.2, -0.15) is 0 Å². The van der Waals surface area contributed by atoms with E-state index in [1.54, 1.807) is 6.20 Å². The van der Waals surface area contributed by atoms with Gasteiger partial charge in [0, 0.05) is 13.0 Å². The van der Waals surface area contributed by atoms with Gasteiger partial charge in [0.1, 0.15) is 11.6 Å². The number of imidazole rings is 1. The molecular formula is C6H9N3. The maximum Gasteiger partial charge on any atom is 0.123 e. The molecule has 48 valence electrons. The molecule has 0 atom stereocenters. The highest BCUT2D eigenvalue weighted by Gasteiger charge is 2.12. The molecule has 9 heavy (non-hydrogen) atoms. The van der Waals surface area contributed by atoms with E-state index in [1.807, 2.05) is 0 Å². The number of nitrogens with zero attached hydrogens (tertiary/aromatic N) is 2. The Labute approximate surface area is 53.5 Å². The number of nitrogen functional groups attached to an aromatic ring is 1. The minimum atomic E-state index is 0.808. The molecule has 2 rings (SSSR count). The van der Waals surface area contributed by atoms with Crippen LogP contribution in [-0.4, -0.2) is 9.55 Å². The molecule has 2 heterocycles. The summed E-state index contributed by atoms with van der Waals surface area (Å²) in [5, 5.41) is 0. The van der Waals surface area contributed by atoms with Gasteiger partial charge in [-0.1, -0.05) is 0 Å². The highest BCUT2D eigenvalue weighted by atomic mass is 15.1. The summed E-state index contributed by atoms with van der Waals surface area (Å²) >= 11 is 0. The molecule has 0 spiro atoms. The zero-order chi connectivity index (χ0) is 6.27. The average molecular weight is 123 g/mol. The fourth-order valence-electron chi connectivity index (χ4n) is 1.28. The molecule has 0 saturated heterocycles. The van der Waals surface area contributed by atoms with Crippen molar-refractivity contribution < 1.29 is 0 Å². The smallest absolute Gasteiger partial charge is 0.123 e. The quantitative estimate of drug-likeness (QED) is 0.543. The number of nitrogens with two attached hydrogens (primary N) is 1. The second-order valence-corrected chi connectivity index (χ2v) is 2.35. The fraction of sp³-hybridized carbons (Fsp3) is 0.500. The van der Waals surface area contributed by atoms with Gasteiger partial charge in [-0.15, -0.1) is 0 Å². The van der Waals surface area contributed by atoms with Crippen LogP contribution >= 0.6 is 0 Å². The van der Waals surface area contributed by atoms with Crippen molar-refractivity contribution in [1.29, 1.82) is 0 Å². The van der Waals surface area contributed by atoms with Crippen molar-refractivity contribution in [1.82, 2.24) is 9.55 Å². The first kappa shape index (κ1) is 4.85. The maximum atomic E-state index is 5.59. The van der Waals surface area contributed by atoms with Crippen LogP contribution in [-0.2, 0) is 13.0 Å². The lowest BCUT2D eigenvalue weighted by molar-refractivity contribution is 0.758. The molecule has 0 aromatic carbocycles. The zero-order valence-corrected chi connectivity index (χ0v) is 5.17. The largest absolute Gasteiger partial charge is 0.384 e. The molecule has 0 amide bonds. The molecule has 1 aliphatic rings. The second kappa shape index (κ2) is 1.50. The van der Waals surface area contributed by atoms with Gasteiger partial charge in [-0.25, -0.2) is 4.98 Å². The van der Waals surface area contributed by atoms with E-state index in [1.165, 1.54) is 6.42 Å². The Kier molecular flexibility index (Phi) is 0.806. The van der Waals surface area contributed by atoms with Crippen LogP contribution in [0.3, 0.4) is 0 Å². The Morgan fingerprint density at radius 1 is 1.67 bits per heavy atom. The molecule has 3 nitrogen and oxygen atoms in total. The van der Waals surface area contributed by atoms with Crippen molar-refractivity contribution >= 4 is 5.82 Å². The summed E-state index contributed by atoms with van der Waals surface area (Å²) in [6, 6.07) is 0. The van der Waals surface area contributed by atoms with Crippen LogP contribution in [0.4, 0.5) is 5.82 Å². The number of rotatable bonds is 0. The van der Waals surface area contributed by atoms with Crippen molar-refractivity contribution in [3.63, 3.8) is 0 Å². The summed E-state index contributed by atoms with van der Waals surface area (Å²) in [4.78, 5) is 4.13. The minimum absolute atomic E-state index is 0.808. The summed E-state index contributed by atoms with van der Waals surface area (Å²) in [6.07, 6.45) is 4.03. The standard InChI is InChI=1S/C6H9N3/c7-5-4-8-6-2-1-3-9(5)6/h4H,1-3,7H2. The van der Waals surface area contributed by atoms with E-state index in [0.29, 0.717) is 0 Å². The van der Waals surface area contributed by atoms with E-state index in [9.17, 15) is 0 Å². The van der Waals surface area contributed by atoms with Crippen molar-refractivity contribution in [2.45, 2.75) is 19.4 Å². The summed E-state index contributed by atoms with van der Waals surface area (Å²) < 4.78 is 2.07. The molecule has 0 bridgehead atoms. The monoisotopic (exact) mass is 123 g/mol. The first-order valence-electron chi connectivity index (χ1n) is 3.18. The number of fused-ring (bicyclic) bond motifs is 1. The van der Waals surface area contributed by atoms with Crippen molar-refractivity contribution in [3.05, 3.63) is 12.0 Å². The molecule has 1 aromatic heterocycles. The Hall–Kier alpha value is -0.990. The maximum absolute atomic E-state index is 5.59. The van der Waals surface area contributed by atoms with Gasteiger partial charge in [0.15, 0.2) is 0 Å².